The van der Waals surface area contributed by atoms with Crippen LogP contribution in [0.2, 0.25) is 5.02 Å². The van der Waals surface area contributed by atoms with Gasteiger partial charge in [0.15, 0.2) is 0 Å². The molecule has 0 saturated heterocycles. The van der Waals surface area contributed by atoms with Crippen molar-refractivity contribution in [1.29, 1.82) is 0 Å². The van der Waals surface area contributed by atoms with Crippen LogP contribution in [0.3, 0.4) is 0 Å². The van der Waals surface area contributed by atoms with E-state index in [0.717, 1.165) is 12.0 Å². The number of hydrogen-bond donors (Lipinski definition) is 1. The molecule has 35 heavy (non-hydrogen) atoms. The van der Waals surface area contributed by atoms with Gasteiger partial charge in [-0.1, -0.05) is 55.8 Å². The number of fused-ring (bicyclic) bond motifs is 1. The number of nitrogens with one attached hydrogen (secondary N) is 1. The molecular formula is C27H32ClN3O4. The van der Waals surface area contributed by atoms with Gasteiger partial charge in [-0.25, -0.2) is 0 Å². The van der Waals surface area contributed by atoms with E-state index in [1.165, 1.54) is 4.90 Å². The minimum Gasteiger partial charge on any atom is -0.352 e. The second kappa shape index (κ2) is 12.0. The molecule has 2 aromatic rings. The molecule has 0 bridgehead atoms. The van der Waals surface area contributed by atoms with Crippen LogP contribution >= 0.6 is 11.6 Å². The Morgan fingerprint density at radius 2 is 1.57 bits per heavy atom. The lowest BCUT2D eigenvalue weighted by molar-refractivity contribution is -0.141. The van der Waals surface area contributed by atoms with Crippen LogP contribution < -0.4 is 5.32 Å². The molecule has 7 nitrogen and oxygen atoms in total. The fourth-order valence-electron chi connectivity index (χ4n) is 4.14. The van der Waals surface area contributed by atoms with E-state index >= 15 is 0 Å². The topological polar surface area (TPSA) is 86.8 Å². The molecule has 1 aliphatic heterocycles. The summed E-state index contributed by atoms with van der Waals surface area (Å²) in [7, 11) is 0. The molecule has 1 heterocycles. The second-order valence-corrected chi connectivity index (χ2v) is 9.17. The predicted octanol–water partition coefficient (Wildman–Crippen LogP) is 4.44. The molecule has 8 heteroatoms. The monoisotopic (exact) mass is 497 g/mol. The van der Waals surface area contributed by atoms with Gasteiger partial charge in [-0.3, -0.25) is 24.1 Å². The maximum absolute atomic E-state index is 13.4. The first-order valence-electron chi connectivity index (χ1n) is 12.1. The van der Waals surface area contributed by atoms with Gasteiger partial charge in [-0.2, -0.15) is 0 Å². The molecule has 0 fully saturated rings. The van der Waals surface area contributed by atoms with Crippen molar-refractivity contribution in [3.05, 3.63) is 70.2 Å². The number of carbonyl (C=O) groups is 4. The lowest BCUT2D eigenvalue weighted by atomic mass is 10.1. The van der Waals surface area contributed by atoms with E-state index in [9.17, 15) is 19.2 Å². The summed E-state index contributed by atoms with van der Waals surface area (Å²) in [5, 5.41) is 3.50. The van der Waals surface area contributed by atoms with Gasteiger partial charge in [0.25, 0.3) is 11.8 Å². The van der Waals surface area contributed by atoms with Gasteiger partial charge < -0.3 is 10.2 Å². The van der Waals surface area contributed by atoms with Gasteiger partial charge in [0.05, 0.1) is 11.1 Å². The van der Waals surface area contributed by atoms with Crippen molar-refractivity contribution in [3.8, 4) is 0 Å². The number of amides is 4. The first-order chi connectivity index (χ1) is 16.8. The Bertz CT molecular complexity index is 1070. The number of carbonyl (C=O) groups excluding carboxylic acids is 4. The van der Waals surface area contributed by atoms with E-state index in [1.54, 1.807) is 35.2 Å². The van der Waals surface area contributed by atoms with E-state index in [-0.39, 0.29) is 49.2 Å². The number of halogens is 1. The third kappa shape index (κ3) is 6.09. The summed E-state index contributed by atoms with van der Waals surface area (Å²) in [5.74, 6) is -1.12. The first kappa shape index (κ1) is 26.4. The highest BCUT2D eigenvalue weighted by atomic mass is 35.5. The van der Waals surface area contributed by atoms with Crippen LogP contribution in [0.25, 0.3) is 0 Å². The molecule has 1 N–H and O–H groups in total. The van der Waals surface area contributed by atoms with Gasteiger partial charge in [-0.05, 0) is 49.9 Å². The van der Waals surface area contributed by atoms with Crippen LogP contribution in [0.15, 0.2) is 48.5 Å². The van der Waals surface area contributed by atoms with E-state index < -0.39 is 6.04 Å². The molecule has 0 unspecified atom stereocenters. The van der Waals surface area contributed by atoms with Crippen molar-refractivity contribution >= 4 is 35.2 Å². The van der Waals surface area contributed by atoms with Crippen molar-refractivity contribution in [2.24, 2.45) is 0 Å². The van der Waals surface area contributed by atoms with Gasteiger partial charge in [0.2, 0.25) is 11.8 Å². The van der Waals surface area contributed by atoms with E-state index in [1.807, 2.05) is 39.0 Å². The highest BCUT2D eigenvalue weighted by Crippen LogP contribution is 2.24. The molecule has 0 saturated carbocycles. The third-order valence-corrected chi connectivity index (χ3v) is 6.70. The summed E-state index contributed by atoms with van der Waals surface area (Å²) >= 11 is 6.35. The van der Waals surface area contributed by atoms with Gasteiger partial charge in [-0.15, -0.1) is 0 Å². The second-order valence-electron chi connectivity index (χ2n) is 8.77. The number of imide groups is 1. The minimum absolute atomic E-state index is 0.0114. The Balaban J connectivity index is 1.72. The molecule has 4 amide bonds. The maximum Gasteiger partial charge on any atom is 0.261 e. The average Bonchev–Trinajstić information content (AvgIpc) is 3.09. The highest BCUT2D eigenvalue weighted by Gasteiger charge is 2.35. The van der Waals surface area contributed by atoms with Crippen LogP contribution in [0.4, 0.5) is 0 Å². The van der Waals surface area contributed by atoms with Crippen LogP contribution in [0.1, 0.15) is 72.7 Å². The Morgan fingerprint density at radius 3 is 2.14 bits per heavy atom. The summed E-state index contributed by atoms with van der Waals surface area (Å²) < 4.78 is 0. The van der Waals surface area contributed by atoms with Crippen molar-refractivity contribution in [2.75, 3.05) is 6.54 Å². The molecule has 0 radical (unpaired) electrons. The lowest BCUT2D eigenvalue weighted by Crippen LogP contribution is -2.50. The fourth-order valence-corrected chi connectivity index (χ4v) is 4.34. The summed E-state index contributed by atoms with van der Waals surface area (Å²) in [6, 6.07) is 13.3. The summed E-state index contributed by atoms with van der Waals surface area (Å²) in [5.41, 5.74) is 1.52. The maximum atomic E-state index is 13.4. The molecular weight excluding hydrogens is 466 g/mol. The van der Waals surface area contributed by atoms with Crippen molar-refractivity contribution in [1.82, 2.24) is 15.1 Å². The van der Waals surface area contributed by atoms with Gasteiger partial charge in [0.1, 0.15) is 6.04 Å². The zero-order valence-corrected chi connectivity index (χ0v) is 21.2. The molecule has 186 valence electrons. The SMILES string of the molecule is CC[C@@H](C)NC(=O)[C@H](CC)N(Cc1ccccc1Cl)C(=O)CCCN1C(=O)c2ccccc2C1=O. The van der Waals surface area contributed by atoms with E-state index in [4.69, 9.17) is 11.6 Å². The van der Waals surface area contributed by atoms with Gasteiger partial charge >= 0.3 is 0 Å². The van der Waals surface area contributed by atoms with Crippen LogP contribution in [0, 0.1) is 0 Å². The van der Waals surface area contributed by atoms with Crippen molar-refractivity contribution in [3.63, 3.8) is 0 Å². The largest absolute Gasteiger partial charge is 0.352 e. The molecule has 0 aliphatic carbocycles. The Labute approximate surface area is 211 Å². The Hall–Kier alpha value is -3.19. The third-order valence-electron chi connectivity index (χ3n) is 6.34. The zero-order chi connectivity index (χ0) is 25.5. The molecule has 1 aliphatic rings. The smallest absolute Gasteiger partial charge is 0.261 e. The lowest BCUT2D eigenvalue weighted by Gasteiger charge is -2.32. The van der Waals surface area contributed by atoms with E-state index in [2.05, 4.69) is 5.32 Å². The number of benzene rings is 2. The highest BCUT2D eigenvalue weighted by molar-refractivity contribution is 6.31. The van der Waals surface area contributed by atoms with Crippen LogP contribution in [0.5, 0.6) is 0 Å². The quantitative estimate of drug-likeness (QED) is 0.465. The van der Waals surface area contributed by atoms with Crippen molar-refractivity contribution in [2.45, 2.75) is 65.1 Å². The molecule has 0 aromatic heterocycles. The summed E-state index contributed by atoms with van der Waals surface area (Å²) in [4.78, 5) is 54.4. The van der Waals surface area contributed by atoms with Crippen LogP contribution in [-0.4, -0.2) is 52.1 Å². The Morgan fingerprint density at radius 1 is 0.971 bits per heavy atom. The zero-order valence-electron chi connectivity index (χ0n) is 20.4. The number of hydrogen-bond acceptors (Lipinski definition) is 4. The Kier molecular flexibility index (Phi) is 9.04. The first-order valence-corrected chi connectivity index (χ1v) is 12.4. The standard InChI is InChI=1S/C27H32ClN3O4/c1-4-18(3)29-25(33)23(5-2)31(17-19-11-6-9-14-22(19)28)24(32)15-10-16-30-26(34)20-12-7-8-13-21(20)27(30)35/h6-9,11-14,18,23H,4-5,10,15-17H2,1-3H3,(H,29,33)/t18-,23+/m1/s1. The normalized spacial score (nSPS) is 14.5. The molecule has 2 aromatic carbocycles. The average molecular weight is 498 g/mol. The predicted molar refractivity (Wildman–Crippen MR) is 135 cm³/mol. The summed E-state index contributed by atoms with van der Waals surface area (Å²) in [6.07, 6.45) is 1.61. The molecule has 0 spiro atoms. The fraction of sp³-hybridized carbons (Fsp3) is 0.407. The van der Waals surface area contributed by atoms with Gasteiger partial charge in [0, 0.05) is 30.6 Å². The minimum atomic E-state index is -0.660. The molecule has 3 rings (SSSR count). The number of rotatable bonds is 11. The number of nitrogens with zero attached hydrogens (tertiary/aromatic N) is 2. The molecule has 2 atom stereocenters. The van der Waals surface area contributed by atoms with Crippen LogP contribution in [-0.2, 0) is 16.1 Å². The summed E-state index contributed by atoms with van der Waals surface area (Å²) in [6.45, 7) is 6.10. The van der Waals surface area contributed by atoms with E-state index in [0.29, 0.717) is 29.0 Å². The van der Waals surface area contributed by atoms with Crippen molar-refractivity contribution < 1.29 is 19.2 Å².